The monoisotopic (exact) mass is 343 g/mol. The fourth-order valence-corrected chi connectivity index (χ4v) is 4.73. The average molecular weight is 343 g/mol. The van der Waals surface area contributed by atoms with Gasteiger partial charge in [-0.05, 0) is 38.1 Å². The van der Waals surface area contributed by atoms with Gasteiger partial charge in [0, 0.05) is 6.20 Å². The zero-order valence-electron chi connectivity index (χ0n) is 13.5. The highest BCUT2D eigenvalue weighted by Gasteiger charge is 2.44. The number of allylic oxidation sites excluding steroid dienone is 1. The maximum Gasteiger partial charge on any atom is 0.333 e. The number of nitrogens with zero attached hydrogens (tertiary/aromatic N) is 2. The fourth-order valence-electron chi connectivity index (χ4n) is 2.59. The molecular formula is C17H18N3O3P. The molecule has 0 aliphatic carbocycles. The van der Waals surface area contributed by atoms with Crippen LogP contribution in [0.15, 0.2) is 60.0 Å². The van der Waals surface area contributed by atoms with E-state index in [0.717, 1.165) is 0 Å². The maximum absolute atomic E-state index is 13.6. The Morgan fingerprint density at radius 1 is 1.17 bits per heavy atom. The van der Waals surface area contributed by atoms with E-state index >= 15 is 0 Å². The first-order valence-corrected chi connectivity index (χ1v) is 9.19. The van der Waals surface area contributed by atoms with Crippen LogP contribution in [-0.4, -0.2) is 17.6 Å². The first-order chi connectivity index (χ1) is 11.6. The highest BCUT2D eigenvalue weighted by molar-refractivity contribution is 7.66. The van der Waals surface area contributed by atoms with Crippen LogP contribution in [0.1, 0.15) is 19.5 Å². The molecule has 1 aromatic heterocycles. The van der Waals surface area contributed by atoms with E-state index in [2.05, 4.69) is 10.3 Å². The predicted molar refractivity (Wildman–Crippen MR) is 93.5 cm³/mol. The van der Waals surface area contributed by atoms with Crippen molar-refractivity contribution in [2.75, 3.05) is 11.3 Å². The van der Waals surface area contributed by atoms with Gasteiger partial charge in [-0.25, -0.2) is 9.46 Å². The summed E-state index contributed by atoms with van der Waals surface area (Å²) in [5.41, 5.74) is 1.51. The minimum absolute atomic E-state index is 0.223. The number of pyridine rings is 1. The number of amides is 2. The molecule has 0 saturated carbocycles. The molecule has 7 heteroatoms. The third kappa shape index (κ3) is 2.75. The predicted octanol–water partition coefficient (Wildman–Crippen LogP) is 4.23. The number of benzene rings is 1. The smallest absolute Gasteiger partial charge is 0.310 e. The Balaban J connectivity index is 2.17. The van der Waals surface area contributed by atoms with Crippen LogP contribution in [0.25, 0.3) is 5.70 Å². The van der Waals surface area contributed by atoms with E-state index in [4.69, 9.17) is 4.52 Å². The molecule has 1 atom stereocenters. The van der Waals surface area contributed by atoms with Gasteiger partial charge in [-0.3, -0.25) is 9.55 Å². The Bertz CT molecular complexity index is 821. The van der Waals surface area contributed by atoms with Crippen LogP contribution in [0, 0.1) is 0 Å². The first kappa shape index (κ1) is 16.4. The van der Waals surface area contributed by atoms with E-state index in [1.807, 2.05) is 12.1 Å². The first-order valence-electron chi connectivity index (χ1n) is 7.62. The molecule has 0 saturated heterocycles. The molecule has 0 fully saturated rings. The number of urea groups is 1. The summed E-state index contributed by atoms with van der Waals surface area (Å²) in [6, 6.07) is 13.7. The number of nitrogens with one attached hydrogen (secondary N) is 1. The standard InChI is InChI=1S/C17H18N3O3P/c1-3-23-24(22)13(2)16(15-11-7-8-12-18-15)19-17(21)20(24)14-9-5-4-6-10-14/h4-12H,3H2,1-2H3,(H,19,21). The molecule has 2 amide bonds. The van der Waals surface area contributed by atoms with E-state index in [1.165, 1.54) is 4.67 Å². The van der Waals surface area contributed by atoms with Gasteiger partial charge in [0.1, 0.15) is 0 Å². The summed E-state index contributed by atoms with van der Waals surface area (Å²) in [6.45, 7) is 3.68. The summed E-state index contributed by atoms with van der Waals surface area (Å²) < 4.78 is 20.5. The number of para-hydroxylation sites is 1. The minimum Gasteiger partial charge on any atom is -0.310 e. The number of rotatable bonds is 4. The number of anilines is 1. The van der Waals surface area contributed by atoms with Crippen molar-refractivity contribution in [2.24, 2.45) is 0 Å². The quantitative estimate of drug-likeness (QED) is 0.843. The third-order valence-electron chi connectivity index (χ3n) is 3.70. The zero-order valence-corrected chi connectivity index (χ0v) is 14.4. The third-order valence-corrected chi connectivity index (χ3v) is 6.32. The molecule has 0 spiro atoms. The van der Waals surface area contributed by atoms with Crippen molar-refractivity contribution in [3.63, 3.8) is 0 Å². The maximum atomic E-state index is 13.6. The fraction of sp³-hybridized carbons (Fsp3) is 0.176. The van der Waals surface area contributed by atoms with Gasteiger partial charge in [0.05, 0.1) is 29.0 Å². The van der Waals surface area contributed by atoms with Crippen molar-refractivity contribution in [1.82, 2.24) is 10.3 Å². The van der Waals surface area contributed by atoms with Crippen molar-refractivity contribution in [2.45, 2.75) is 13.8 Å². The summed E-state index contributed by atoms with van der Waals surface area (Å²) in [6.07, 6.45) is 1.62. The summed E-state index contributed by atoms with van der Waals surface area (Å²) >= 11 is 0. The van der Waals surface area contributed by atoms with E-state index in [9.17, 15) is 9.36 Å². The second-order valence-corrected chi connectivity index (χ2v) is 7.56. The second kappa shape index (κ2) is 6.59. The van der Waals surface area contributed by atoms with Crippen LogP contribution in [-0.2, 0) is 9.09 Å². The highest BCUT2D eigenvalue weighted by atomic mass is 31.2. The van der Waals surface area contributed by atoms with Crippen LogP contribution >= 0.6 is 7.52 Å². The summed E-state index contributed by atoms with van der Waals surface area (Å²) in [4.78, 5) is 17.0. The van der Waals surface area contributed by atoms with Crippen LogP contribution in [0.5, 0.6) is 0 Å². The Kier molecular flexibility index (Phi) is 4.51. The molecule has 3 rings (SSSR count). The molecule has 0 radical (unpaired) electrons. The lowest BCUT2D eigenvalue weighted by molar-refractivity contribution is 0.250. The largest absolute Gasteiger partial charge is 0.333 e. The van der Waals surface area contributed by atoms with Crippen LogP contribution in [0.4, 0.5) is 10.5 Å². The van der Waals surface area contributed by atoms with Gasteiger partial charge in [-0.2, -0.15) is 0 Å². The van der Waals surface area contributed by atoms with Gasteiger partial charge < -0.3 is 9.84 Å². The minimum atomic E-state index is -3.55. The molecule has 1 aliphatic heterocycles. The van der Waals surface area contributed by atoms with Crippen LogP contribution in [0.2, 0.25) is 0 Å². The Hall–Kier alpha value is -2.43. The molecule has 1 N–H and O–H groups in total. The lowest BCUT2D eigenvalue weighted by Gasteiger charge is -2.36. The van der Waals surface area contributed by atoms with Crippen LogP contribution in [0.3, 0.4) is 0 Å². The number of aromatic nitrogens is 1. The van der Waals surface area contributed by atoms with E-state index < -0.39 is 13.6 Å². The van der Waals surface area contributed by atoms with Crippen molar-refractivity contribution < 1.29 is 13.9 Å². The molecular weight excluding hydrogens is 325 g/mol. The summed E-state index contributed by atoms with van der Waals surface area (Å²) in [5, 5.41) is 3.26. The molecule has 1 aliphatic rings. The molecule has 1 aromatic carbocycles. The van der Waals surface area contributed by atoms with Crippen molar-refractivity contribution >= 4 is 24.9 Å². The highest BCUT2D eigenvalue weighted by Crippen LogP contribution is 2.62. The van der Waals surface area contributed by atoms with Gasteiger partial charge >= 0.3 is 13.6 Å². The van der Waals surface area contributed by atoms with Crippen LogP contribution < -0.4 is 9.99 Å². The Morgan fingerprint density at radius 2 is 1.88 bits per heavy atom. The van der Waals surface area contributed by atoms with Crippen molar-refractivity contribution in [3.8, 4) is 0 Å². The molecule has 2 aromatic rings. The second-order valence-electron chi connectivity index (χ2n) is 5.19. The van der Waals surface area contributed by atoms with E-state index in [0.29, 0.717) is 22.4 Å². The lowest BCUT2D eigenvalue weighted by Crippen LogP contribution is -2.42. The topological polar surface area (TPSA) is 71.5 Å². The molecule has 6 nitrogen and oxygen atoms in total. The molecule has 1 unspecified atom stereocenters. The van der Waals surface area contributed by atoms with Gasteiger partial charge in [0.2, 0.25) is 0 Å². The summed E-state index contributed by atoms with van der Waals surface area (Å²) in [5.74, 6) is 0. The van der Waals surface area contributed by atoms with Gasteiger partial charge in [-0.15, -0.1) is 0 Å². The zero-order chi connectivity index (χ0) is 17.2. The van der Waals surface area contributed by atoms with E-state index in [1.54, 1.807) is 56.4 Å². The molecule has 2 heterocycles. The van der Waals surface area contributed by atoms with Gasteiger partial charge in [0.25, 0.3) is 0 Å². The Morgan fingerprint density at radius 3 is 2.50 bits per heavy atom. The number of hydrogen-bond acceptors (Lipinski definition) is 4. The summed E-state index contributed by atoms with van der Waals surface area (Å²) in [7, 11) is -3.55. The van der Waals surface area contributed by atoms with Gasteiger partial charge in [0.15, 0.2) is 0 Å². The lowest BCUT2D eigenvalue weighted by atomic mass is 10.2. The number of carbonyl (C=O) groups excluding carboxylic acids is 1. The van der Waals surface area contributed by atoms with E-state index in [-0.39, 0.29) is 6.61 Å². The number of hydrogen-bond donors (Lipinski definition) is 1. The molecule has 124 valence electrons. The normalized spacial score (nSPS) is 20.9. The van der Waals surface area contributed by atoms with Crippen molar-refractivity contribution in [1.29, 1.82) is 0 Å². The van der Waals surface area contributed by atoms with Crippen molar-refractivity contribution in [3.05, 3.63) is 65.7 Å². The average Bonchev–Trinajstić information content (AvgIpc) is 2.60. The number of carbonyl (C=O) groups is 1. The SMILES string of the molecule is CCOP1(=O)C(C)=C(c2ccccn2)NC(=O)N1c1ccccc1. The van der Waals surface area contributed by atoms with Gasteiger partial charge in [-0.1, -0.05) is 24.3 Å². The molecule has 24 heavy (non-hydrogen) atoms. The molecule has 0 bridgehead atoms. The Labute approximate surface area is 140 Å².